The van der Waals surface area contributed by atoms with Crippen molar-refractivity contribution in [3.05, 3.63) is 66.5 Å². The van der Waals surface area contributed by atoms with Gasteiger partial charge in [-0.3, -0.25) is 4.72 Å². The van der Waals surface area contributed by atoms with Gasteiger partial charge in [-0.25, -0.2) is 13.1 Å². The smallest absolute Gasteiger partial charge is 0.247 e. The van der Waals surface area contributed by atoms with Gasteiger partial charge in [0.25, 0.3) is 0 Å². The zero-order valence-electron chi connectivity index (χ0n) is 21.6. The van der Waals surface area contributed by atoms with Crippen molar-refractivity contribution in [2.45, 2.75) is 6.92 Å². The Morgan fingerprint density at radius 2 is 1.76 bits per heavy atom. The molecule has 0 amide bonds. The highest BCUT2D eigenvalue weighted by molar-refractivity contribution is 7.92. The van der Waals surface area contributed by atoms with E-state index in [1.165, 1.54) is 0 Å². The van der Waals surface area contributed by atoms with E-state index < -0.39 is 10.0 Å². The number of methoxy groups -OCH3 is 1. The Morgan fingerprint density at radius 1 is 1.08 bits per heavy atom. The SMILES string of the molecule is C=Cc1nc(Nc2ccc(N3CCN(C)CC3)c(OC)c2)nn1/C(=C\C)c1ccc(NS(C)(=O)=O)cc1. The topological polar surface area (TPSA) is 105 Å². The zero-order chi connectivity index (χ0) is 26.6. The fourth-order valence-electron chi connectivity index (χ4n) is 4.21. The van der Waals surface area contributed by atoms with Gasteiger partial charge in [-0.05, 0) is 44.3 Å². The Balaban J connectivity index is 1.56. The van der Waals surface area contributed by atoms with Crippen LogP contribution in [0, 0.1) is 0 Å². The molecule has 11 heteroatoms. The molecule has 2 aromatic carbocycles. The van der Waals surface area contributed by atoms with Crippen LogP contribution in [-0.2, 0) is 10.0 Å². The highest BCUT2D eigenvalue weighted by Crippen LogP contribution is 2.33. The molecule has 0 unspecified atom stereocenters. The second-order valence-electron chi connectivity index (χ2n) is 8.84. The minimum atomic E-state index is -3.35. The van der Waals surface area contributed by atoms with Gasteiger partial charge in [0.15, 0.2) is 5.82 Å². The summed E-state index contributed by atoms with van der Waals surface area (Å²) in [7, 11) is 0.463. The van der Waals surface area contributed by atoms with E-state index in [1.54, 1.807) is 30.0 Å². The van der Waals surface area contributed by atoms with Gasteiger partial charge >= 0.3 is 0 Å². The third-order valence-electron chi connectivity index (χ3n) is 6.08. The predicted molar refractivity (Wildman–Crippen MR) is 150 cm³/mol. The van der Waals surface area contributed by atoms with Crippen LogP contribution in [0.1, 0.15) is 18.3 Å². The number of aromatic nitrogens is 3. The van der Waals surface area contributed by atoms with E-state index in [2.05, 4.69) is 49.6 Å². The monoisotopic (exact) mass is 523 g/mol. The summed E-state index contributed by atoms with van der Waals surface area (Å²) >= 11 is 0. The van der Waals surface area contributed by atoms with E-state index in [-0.39, 0.29) is 0 Å². The maximum atomic E-state index is 11.5. The number of piperazine rings is 1. The lowest BCUT2D eigenvalue weighted by Crippen LogP contribution is -2.44. The summed E-state index contributed by atoms with van der Waals surface area (Å²) in [5.41, 5.74) is 3.99. The fraction of sp³-hybridized carbons (Fsp3) is 0.308. The average Bonchev–Trinajstić information content (AvgIpc) is 3.27. The van der Waals surface area contributed by atoms with E-state index in [0.717, 1.165) is 60.8 Å². The van der Waals surface area contributed by atoms with Crippen molar-refractivity contribution in [2.75, 3.05) is 61.5 Å². The molecule has 2 N–H and O–H groups in total. The first-order chi connectivity index (χ1) is 17.7. The normalized spacial score (nSPS) is 14.9. The predicted octanol–water partition coefficient (Wildman–Crippen LogP) is 3.71. The summed E-state index contributed by atoms with van der Waals surface area (Å²) < 4.78 is 32.9. The number of allylic oxidation sites excluding steroid dienone is 1. The third-order valence-corrected chi connectivity index (χ3v) is 6.69. The van der Waals surface area contributed by atoms with E-state index in [4.69, 9.17) is 4.74 Å². The summed E-state index contributed by atoms with van der Waals surface area (Å²) in [4.78, 5) is 9.25. The molecule has 1 aliphatic rings. The van der Waals surface area contributed by atoms with Crippen molar-refractivity contribution in [3.8, 4) is 5.75 Å². The highest BCUT2D eigenvalue weighted by atomic mass is 32.2. The summed E-state index contributed by atoms with van der Waals surface area (Å²) in [6.45, 7) is 9.72. The molecule has 1 aliphatic heterocycles. The third kappa shape index (κ3) is 6.30. The number of sulfonamides is 1. The standard InChI is InChI=1S/C26H33N7O3S/c1-6-22(19-8-10-20(11-9-19)30-37(5,34)35)33-25(7-2)28-26(29-33)27-21-12-13-23(24(18-21)36-4)32-16-14-31(3)15-17-32/h6-13,18,30H,2,14-17H2,1,3-5H3,(H,27,29)/b22-6-. The van der Waals surface area contributed by atoms with Crippen molar-refractivity contribution < 1.29 is 13.2 Å². The van der Waals surface area contributed by atoms with E-state index in [1.807, 2.05) is 37.3 Å². The lowest BCUT2D eigenvalue weighted by atomic mass is 10.1. The number of benzene rings is 2. The van der Waals surface area contributed by atoms with Gasteiger partial charge in [-0.15, -0.1) is 5.10 Å². The van der Waals surface area contributed by atoms with Gasteiger partial charge in [-0.1, -0.05) is 24.8 Å². The summed E-state index contributed by atoms with van der Waals surface area (Å²) in [6, 6.07) is 13.1. The molecule has 1 fully saturated rings. The maximum absolute atomic E-state index is 11.5. The molecule has 4 rings (SSSR count). The van der Waals surface area contributed by atoms with Crippen LogP contribution in [0.4, 0.5) is 23.0 Å². The summed E-state index contributed by atoms with van der Waals surface area (Å²) in [6.07, 6.45) is 4.67. The van der Waals surface area contributed by atoms with E-state index in [0.29, 0.717) is 17.5 Å². The molecule has 0 atom stereocenters. The number of hydrogen-bond acceptors (Lipinski definition) is 8. The Bertz CT molecular complexity index is 1390. The Labute approximate surface area is 218 Å². The van der Waals surface area contributed by atoms with Crippen LogP contribution in [0.5, 0.6) is 5.75 Å². The number of nitrogens with zero attached hydrogens (tertiary/aromatic N) is 5. The molecule has 0 spiro atoms. The molecular weight excluding hydrogens is 490 g/mol. The Kier molecular flexibility index (Phi) is 7.84. The minimum absolute atomic E-state index is 0.416. The van der Waals surface area contributed by atoms with E-state index >= 15 is 0 Å². The molecule has 0 bridgehead atoms. The number of anilines is 4. The molecule has 0 aliphatic carbocycles. The van der Waals surface area contributed by atoms with Gasteiger partial charge in [0.2, 0.25) is 16.0 Å². The molecule has 37 heavy (non-hydrogen) atoms. The lowest BCUT2D eigenvalue weighted by molar-refractivity contribution is 0.311. The minimum Gasteiger partial charge on any atom is -0.495 e. The van der Waals surface area contributed by atoms with Crippen molar-refractivity contribution in [1.29, 1.82) is 0 Å². The largest absolute Gasteiger partial charge is 0.495 e. The Hall–Kier alpha value is -3.83. The molecule has 10 nitrogen and oxygen atoms in total. The molecular formula is C26H33N7O3S. The van der Waals surface area contributed by atoms with Crippen molar-refractivity contribution in [2.24, 2.45) is 0 Å². The van der Waals surface area contributed by atoms with Crippen LogP contribution < -0.4 is 19.7 Å². The number of nitrogens with one attached hydrogen (secondary N) is 2. The van der Waals surface area contributed by atoms with Gasteiger partial charge < -0.3 is 19.9 Å². The molecule has 0 saturated carbocycles. The summed E-state index contributed by atoms with van der Waals surface area (Å²) in [5.74, 6) is 1.77. The van der Waals surface area contributed by atoms with E-state index in [9.17, 15) is 8.42 Å². The molecule has 1 aromatic heterocycles. The zero-order valence-corrected chi connectivity index (χ0v) is 22.4. The van der Waals surface area contributed by atoms with Gasteiger partial charge in [0, 0.05) is 49.2 Å². The Morgan fingerprint density at radius 3 is 2.35 bits per heavy atom. The summed E-state index contributed by atoms with van der Waals surface area (Å²) in [5, 5.41) is 7.94. The van der Waals surface area contributed by atoms with Crippen molar-refractivity contribution >= 4 is 44.8 Å². The first-order valence-electron chi connectivity index (χ1n) is 11.9. The van der Waals surface area contributed by atoms with Crippen LogP contribution in [0.15, 0.2) is 55.1 Å². The lowest BCUT2D eigenvalue weighted by Gasteiger charge is -2.34. The van der Waals surface area contributed by atoms with Crippen LogP contribution >= 0.6 is 0 Å². The average molecular weight is 524 g/mol. The second-order valence-corrected chi connectivity index (χ2v) is 10.6. The number of hydrogen-bond donors (Lipinski definition) is 2. The molecule has 196 valence electrons. The van der Waals surface area contributed by atoms with Crippen LogP contribution in [0.2, 0.25) is 0 Å². The molecule has 2 heterocycles. The van der Waals surface area contributed by atoms with Gasteiger partial charge in [0.1, 0.15) is 5.75 Å². The van der Waals surface area contributed by atoms with Crippen molar-refractivity contribution in [3.63, 3.8) is 0 Å². The second kappa shape index (κ2) is 11.1. The van der Waals surface area contributed by atoms with Gasteiger partial charge in [-0.2, -0.15) is 4.98 Å². The van der Waals surface area contributed by atoms with Crippen LogP contribution in [0.3, 0.4) is 0 Å². The molecule has 0 radical (unpaired) electrons. The van der Waals surface area contributed by atoms with Crippen LogP contribution in [0.25, 0.3) is 11.8 Å². The van der Waals surface area contributed by atoms with Crippen molar-refractivity contribution in [1.82, 2.24) is 19.7 Å². The fourth-order valence-corrected chi connectivity index (χ4v) is 4.78. The van der Waals surface area contributed by atoms with Crippen LogP contribution in [-0.4, -0.2) is 74.7 Å². The number of likely N-dealkylation sites (N-methyl/N-ethyl adjacent to an activating group) is 1. The quantitative estimate of drug-likeness (QED) is 0.438. The highest BCUT2D eigenvalue weighted by Gasteiger charge is 2.19. The maximum Gasteiger partial charge on any atom is 0.247 e. The van der Waals surface area contributed by atoms with Gasteiger partial charge in [0.05, 0.1) is 24.7 Å². The molecule has 3 aromatic rings. The number of rotatable bonds is 9. The molecule has 1 saturated heterocycles. The first kappa shape index (κ1) is 26.2. The first-order valence-corrected chi connectivity index (χ1v) is 13.8. The number of ether oxygens (including phenoxy) is 1.